The lowest BCUT2D eigenvalue weighted by molar-refractivity contribution is -0.0330. The van der Waals surface area contributed by atoms with Crippen LogP contribution in [0, 0.1) is 11.8 Å². The van der Waals surface area contributed by atoms with E-state index in [-0.39, 0.29) is 46.6 Å². The third-order valence-electron chi connectivity index (χ3n) is 7.85. The van der Waals surface area contributed by atoms with Crippen LogP contribution in [0.1, 0.15) is 56.1 Å². The average Bonchev–Trinajstić information content (AvgIpc) is 3.53. The summed E-state index contributed by atoms with van der Waals surface area (Å²) in [4.78, 5) is 30.7. The van der Waals surface area contributed by atoms with E-state index in [1.165, 1.54) is 29.7 Å². The Bertz CT molecular complexity index is 1710. The highest BCUT2D eigenvalue weighted by Crippen LogP contribution is 2.42. The molecule has 2 aliphatic rings. The summed E-state index contributed by atoms with van der Waals surface area (Å²) in [5.74, 6) is 5.66. The molecule has 252 valence electrons. The Morgan fingerprint density at radius 2 is 1.91 bits per heavy atom. The largest absolute Gasteiger partial charge is 0.495 e. The number of rotatable bonds is 7. The highest BCUT2D eigenvalue weighted by Gasteiger charge is 2.51. The standard InChI is InChI=1S/C32H36F4N6O4S/c1-31(2,3)46-30(44)42-19-11-13-24(42)26(33)23(17-19)39-21-9-7-15-41-27(21)40-22(29(41)47-32(34,35)36)8-6-14-38-20-12-10-18(28(43)37-4)16-25(20)45-5/h7,9-10,12,15-16,19,23-24,26,38-39H,11,13-14,17H2,1-5H3,(H,37,43)/t19-,23-,24+,26-/m1/s1. The van der Waals surface area contributed by atoms with Crippen LogP contribution in [-0.2, 0) is 4.74 Å². The number of imidazole rings is 1. The molecular weight excluding hydrogens is 640 g/mol. The minimum absolute atomic E-state index is 0.0350. The van der Waals surface area contributed by atoms with Crippen molar-refractivity contribution < 1.29 is 36.6 Å². The van der Waals surface area contributed by atoms with Gasteiger partial charge in [-0.15, -0.1) is 0 Å². The van der Waals surface area contributed by atoms with Gasteiger partial charge in [-0.05, 0) is 76.3 Å². The Kier molecular flexibility index (Phi) is 9.72. The van der Waals surface area contributed by atoms with Crippen LogP contribution in [0.4, 0.5) is 33.7 Å². The first kappa shape index (κ1) is 34.0. The van der Waals surface area contributed by atoms with E-state index >= 15 is 4.39 Å². The van der Waals surface area contributed by atoms with Gasteiger partial charge in [-0.3, -0.25) is 14.1 Å². The zero-order valence-electron chi connectivity index (χ0n) is 26.5. The maximum absolute atomic E-state index is 15.9. The van der Waals surface area contributed by atoms with Crippen molar-refractivity contribution >= 4 is 40.8 Å². The van der Waals surface area contributed by atoms with Gasteiger partial charge in [-0.25, -0.2) is 14.2 Å². The number of hydrogen-bond acceptors (Lipinski definition) is 8. The summed E-state index contributed by atoms with van der Waals surface area (Å²) in [6.07, 6.45) is 0.877. The molecule has 1 aromatic carbocycles. The summed E-state index contributed by atoms with van der Waals surface area (Å²) in [5.41, 5.74) is -3.99. The molecule has 0 aliphatic carbocycles. The monoisotopic (exact) mass is 676 g/mol. The molecule has 2 fully saturated rings. The van der Waals surface area contributed by atoms with E-state index in [1.54, 1.807) is 51.1 Å². The SMILES string of the molecule is CNC(=O)c1ccc(NCC#Cc2nc3c(N[C@@H]4C[C@H]5CC[C@@H]([C@@H]4F)N5C(=O)OC(C)(C)C)cccn3c2SC(F)(F)F)c(OC)c1. The molecular formula is C32H36F4N6O4S. The molecule has 0 unspecified atom stereocenters. The van der Waals surface area contributed by atoms with E-state index in [0.717, 1.165) is 0 Å². The molecule has 4 heterocycles. The van der Waals surface area contributed by atoms with E-state index in [0.29, 0.717) is 42.0 Å². The number of methoxy groups -OCH3 is 1. The lowest BCUT2D eigenvalue weighted by Gasteiger charge is -2.42. The third-order valence-corrected chi connectivity index (χ3v) is 8.67. The molecule has 2 aliphatic heterocycles. The van der Waals surface area contributed by atoms with E-state index in [9.17, 15) is 22.8 Å². The number of thioether (sulfide) groups is 1. The number of hydrogen-bond donors (Lipinski definition) is 3. The van der Waals surface area contributed by atoms with Crippen LogP contribution in [0.15, 0.2) is 41.6 Å². The van der Waals surface area contributed by atoms with Crippen LogP contribution in [0.25, 0.3) is 5.65 Å². The predicted molar refractivity (Wildman–Crippen MR) is 171 cm³/mol. The molecule has 2 amide bonds. The van der Waals surface area contributed by atoms with Crippen molar-refractivity contribution in [2.24, 2.45) is 0 Å². The molecule has 0 radical (unpaired) electrons. The van der Waals surface area contributed by atoms with Crippen LogP contribution in [0.3, 0.4) is 0 Å². The smallest absolute Gasteiger partial charge is 0.447 e. The number of halogens is 4. The predicted octanol–water partition coefficient (Wildman–Crippen LogP) is 6.07. The van der Waals surface area contributed by atoms with Gasteiger partial charge in [0.1, 0.15) is 28.2 Å². The van der Waals surface area contributed by atoms with Crippen molar-refractivity contribution in [1.29, 1.82) is 0 Å². The first-order chi connectivity index (χ1) is 22.2. The lowest BCUT2D eigenvalue weighted by atomic mass is 9.95. The topological polar surface area (TPSA) is 109 Å². The van der Waals surface area contributed by atoms with Crippen molar-refractivity contribution in [3.8, 4) is 17.6 Å². The number of pyridine rings is 1. The number of nitrogens with zero attached hydrogens (tertiary/aromatic N) is 3. The maximum atomic E-state index is 15.9. The Balaban J connectivity index is 1.37. The molecule has 2 saturated heterocycles. The molecule has 3 N–H and O–H groups in total. The number of alkyl halides is 4. The summed E-state index contributed by atoms with van der Waals surface area (Å²) in [6, 6.07) is 6.37. The number of fused-ring (bicyclic) bond motifs is 3. The van der Waals surface area contributed by atoms with Crippen molar-refractivity contribution in [3.05, 3.63) is 47.8 Å². The first-order valence-electron chi connectivity index (χ1n) is 15.0. The zero-order valence-corrected chi connectivity index (χ0v) is 27.3. The van der Waals surface area contributed by atoms with Crippen molar-refractivity contribution in [2.45, 2.75) is 80.5 Å². The van der Waals surface area contributed by atoms with Gasteiger partial charge in [0.25, 0.3) is 5.91 Å². The zero-order chi connectivity index (χ0) is 34.1. The highest BCUT2D eigenvalue weighted by molar-refractivity contribution is 8.00. The first-order valence-corrected chi connectivity index (χ1v) is 15.8. The number of piperidine rings is 1. The van der Waals surface area contributed by atoms with Gasteiger partial charge >= 0.3 is 11.6 Å². The van der Waals surface area contributed by atoms with Gasteiger partial charge in [0.05, 0.1) is 37.1 Å². The quantitative estimate of drug-likeness (QED) is 0.157. The van der Waals surface area contributed by atoms with Gasteiger partial charge in [0.15, 0.2) is 5.65 Å². The van der Waals surface area contributed by atoms with E-state index in [2.05, 4.69) is 32.8 Å². The summed E-state index contributed by atoms with van der Waals surface area (Å²) >= 11 is -0.336. The van der Waals surface area contributed by atoms with Gasteiger partial charge in [-0.2, -0.15) is 13.2 Å². The maximum Gasteiger partial charge on any atom is 0.447 e. The Hall–Kier alpha value is -4.32. The summed E-state index contributed by atoms with van der Waals surface area (Å²) in [5, 5.41) is 8.52. The summed E-state index contributed by atoms with van der Waals surface area (Å²) in [6.45, 7) is 5.30. The van der Waals surface area contributed by atoms with E-state index in [4.69, 9.17) is 9.47 Å². The Labute approximate surface area is 273 Å². The molecule has 10 nitrogen and oxygen atoms in total. The highest BCUT2D eigenvalue weighted by atomic mass is 32.2. The fraction of sp³-hybridized carbons (Fsp3) is 0.469. The molecule has 2 bridgehead atoms. The van der Waals surface area contributed by atoms with Crippen molar-refractivity contribution in [1.82, 2.24) is 19.6 Å². The van der Waals surface area contributed by atoms with Crippen LogP contribution in [0.2, 0.25) is 0 Å². The molecule has 15 heteroatoms. The minimum atomic E-state index is -4.62. The number of carbonyl (C=O) groups excluding carboxylic acids is 2. The molecule has 0 spiro atoms. The second kappa shape index (κ2) is 13.4. The second-order valence-electron chi connectivity index (χ2n) is 12.2. The summed E-state index contributed by atoms with van der Waals surface area (Å²) < 4.78 is 69.1. The van der Waals surface area contributed by atoms with Gasteiger partial charge < -0.3 is 25.4 Å². The van der Waals surface area contributed by atoms with Crippen molar-refractivity contribution in [3.63, 3.8) is 0 Å². The number of aromatic nitrogens is 2. The van der Waals surface area contributed by atoms with Gasteiger partial charge in [-0.1, -0.05) is 5.92 Å². The average molecular weight is 677 g/mol. The lowest BCUT2D eigenvalue weighted by Crippen LogP contribution is -2.57. The molecule has 5 rings (SSSR count). The third kappa shape index (κ3) is 7.64. The van der Waals surface area contributed by atoms with Crippen LogP contribution in [-0.4, -0.2) is 82.4 Å². The number of benzene rings is 1. The number of ether oxygens (including phenoxy) is 2. The van der Waals surface area contributed by atoms with Crippen LogP contribution < -0.4 is 20.7 Å². The second-order valence-corrected chi connectivity index (χ2v) is 13.2. The normalized spacial score (nSPS) is 20.7. The van der Waals surface area contributed by atoms with Crippen LogP contribution in [0.5, 0.6) is 5.75 Å². The Morgan fingerprint density at radius 1 is 1.15 bits per heavy atom. The number of anilines is 2. The Morgan fingerprint density at radius 3 is 2.60 bits per heavy atom. The fourth-order valence-corrected chi connectivity index (χ4v) is 6.58. The molecule has 3 aromatic rings. The molecule has 2 aromatic heterocycles. The van der Waals surface area contributed by atoms with Gasteiger partial charge in [0, 0.05) is 36.6 Å². The molecule has 0 saturated carbocycles. The van der Waals surface area contributed by atoms with Crippen molar-refractivity contribution in [2.75, 3.05) is 31.3 Å². The molecule has 4 atom stereocenters. The minimum Gasteiger partial charge on any atom is -0.495 e. The fourth-order valence-electron chi connectivity index (χ4n) is 5.92. The van der Waals surface area contributed by atoms with Gasteiger partial charge in [0.2, 0.25) is 0 Å². The van der Waals surface area contributed by atoms with E-state index < -0.39 is 35.5 Å². The number of nitrogens with one attached hydrogen (secondary N) is 3. The molecule has 47 heavy (non-hydrogen) atoms. The number of amides is 2. The summed E-state index contributed by atoms with van der Waals surface area (Å²) in [7, 11) is 2.96. The van der Waals surface area contributed by atoms with E-state index in [1.807, 2.05) is 0 Å². The van der Waals surface area contributed by atoms with Crippen LogP contribution >= 0.6 is 11.8 Å². The number of carbonyl (C=O) groups is 2.